The van der Waals surface area contributed by atoms with E-state index in [0.717, 1.165) is 32.1 Å². The average molecular weight is 290 g/mol. The Balaban J connectivity index is 4.25. The predicted molar refractivity (Wildman–Crippen MR) is 81.4 cm³/mol. The minimum absolute atomic E-state index is 0.00629. The van der Waals surface area contributed by atoms with E-state index in [9.17, 15) is 15.3 Å². The van der Waals surface area contributed by atoms with Gasteiger partial charge in [0.05, 0.1) is 25.9 Å². The molecule has 4 nitrogen and oxygen atoms in total. The van der Waals surface area contributed by atoms with Crippen LogP contribution in [-0.4, -0.2) is 46.4 Å². The molecular weight excluding hydrogens is 256 g/mol. The highest BCUT2D eigenvalue weighted by atomic mass is 16.3. The quantitative estimate of drug-likeness (QED) is 0.443. The zero-order valence-electron chi connectivity index (χ0n) is 13.4. The van der Waals surface area contributed by atoms with Crippen molar-refractivity contribution in [1.82, 2.24) is 0 Å². The number of hydrogen-bond acceptors (Lipinski definition) is 4. The van der Waals surface area contributed by atoms with Gasteiger partial charge in [-0.15, -0.1) is 0 Å². The molecule has 0 heterocycles. The Morgan fingerprint density at radius 1 is 0.900 bits per heavy atom. The SMILES string of the molecule is CCCC(CCC(O)CO)CCC(C)C(C)(CO)CO. The second-order valence-corrected chi connectivity index (χ2v) is 6.52. The summed E-state index contributed by atoms with van der Waals surface area (Å²) in [6.45, 7) is 6.01. The maximum absolute atomic E-state index is 9.44. The molecule has 0 aromatic carbocycles. The van der Waals surface area contributed by atoms with E-state index in [1.807, 2.05) is 6.92 Å². The van der Waals surface area contributed by atoms with Gasteiger partial charge < -0.3 is 20.4 Å². The lowest BCUT2D eigenvalue weighted by Crippen LogP contribution is -2.33. The van der Waals surface area contributed by atoms with Crippen LogP contribution in [0.2, 0.25) is 0 Å². The summed E-state index contributed by atoms with van der Waals surface area (Å²) >= 11 is 0. The van der Waals surface area contributed by atoms with E-state index in [4.69, 9.17) is 5.11 Å². The molecule has 0 aromatic heterocycles. The summed E-state index contributed by atoms with van der Waals surface area (Å²) in [5.74, 6) is 0.810. The lowest BCUT2D eigenvalue weighted by molar-refractivity contribution is 0.0195. The zero-order valence-corrected chi connectivity index (χ0v) is 13.4. The highest BCUT2D eigenvalue weighted by Gasteiger charge is 2.30. The minimum atomic E-state index is -0.605. The first-order valence-electron chi connectivity index (χ1n) is 7.94. The molecule has 0 aliphatic heterocycles. The first-order valence-corrected chi connectivity index (χ1v) is 7.94. The molecule has 0 fully saturated rings. The summed E-state index contributed by atoms with van der Waals surface area (Å²) in [7, 11) is 0. The van der Waals surface area contributed by atoms with Gasteiger partial charge in [-0.05, 0) is 31.1 Å². The molecule has 0 saturated carbocycles. The smallest absolute Gasteiger partial charge is 0.0771 e. The van der Waals surface area contributed by atoms with Gasteiger partial charge in [-0.1, -0.05) is 40.0 Å². The van der Waals surface area contributed by atoms with Crippen LogP contribution in [0.5, 0.6) is 0 Å². The predicted octanol–water partition coefficient (Wildman–Crippen LogP) is 1.94. The lowest BCUT2D eigenvalue weighted by Gasteiger charge is -2.33. The molecule has 3 unspecified atom stereocenters. The number of aliphatic hydroxyl groups is 4. The van der Waals surface area contributed by atoms with Crippen molar-refractivity contribution in [3.63, 3.8) is 0 Å². The Labute approximate surface area is 123 Å². The van der Waals surface area contributed by atoms with E-state index < -0.39 is 11.5 Å². The van der Waals surface area contributed by atoms with Crippen molar-refractivity contribution >= 4 is 0 Å². The summed E-state index contributed by atoms with van der Waals surface area (Å²) in [5.41, 5.74) is -0.415. The molecular formula is C16H34O4. The highest BCUT2D eigenvalue weighted by molar-refractivity contribution is 4.79. The van der Waals surface area contributed by atoms with Crippen LogP contribution in [0.15, 0.2) is 0 Å². The van der Waals surface area contributed by atoms with Crippen molar-refractivity contribution in [2.24, 2.45) is 17.3 Å². The van der Waals surface area contributed by atoms with Gasteiger partial charge in [-0.2, -0.15) is 0 Å². The Morgan fingerprint density at radius 2 is 1.45 bits per heavy atom. The van der Waals surface area contributed by atoms with E-state index >= 15 is 0 Å². The zero-order chi connectivity index (χ0) is 15.6. The highest BCUT2D eigenvalue weighted by Crippen LogP contribution is 2.32. The maximum atomic E-state index is 9.44. The molecule has 0 saturated heterocycles. The van der Waals surface area contributed by atoms with Crippen LogP contribution >= 0.6 is 0 Å². The fourth-order valence-electron chi connectivity index (χ4n) is 2.56. The van der Waals surface area contributed by atoms with Crippen LogP contribution in [0.4, 0.5) is 0 Å². The molecule has 0 spiro atoms. The van der Waals surface area contributed by atoms with E-state index in [1.54, 1.807) is 0 Å². The van der Waals surface area contributed by atoms with Gasteiger partial charge in [0.2, 0.25) is 0 Å². The summed E-state index contributed by atoms with van der Waals surface area (Å²) in [6.07, 6.45) is 5.22. The van der Waals surface area contributed by atoms with Gasteiger partial charge in [-0.3, -0.25) is 0 Å². The van der Waals surface area contributed by atoms with Crippen LogP contribution in [0, 0.1) is 17.3 Å². The standard InChI is InChI=1S/C16H34O4/c1-4-5-14(8-9-15(20)10-17)7-6-13(2)16(3,11-18)12-19/h13-15,17-20H,4-12H2,1-3H3. The van der Waals surface area contributed by atoms with Gasteiger partial charge in [0.15, 0.2) is 0 Å². The Hall–Kier alpha value is -0.160. The van der Waals surface area contributed by atoms with Crippen LogP contribution in [0.3, 0.4) is 0 Å². The van der Waals surface area contributed by atoms with Gasteiger partial charge in [0.1, 0.15) is 0 Å². The van der Waals surface area contributed by atoms with Crippen LogP contribution in [-0.2, 0) is 0 Å². The second kappa shape index (κ2) is 10.6. The molecule has 3 atom stereocenters. The van der Waals surface area contributed by atoms with E-state index in [-0.39, 0.29) is 25.7 Å². The fraction of sp³-hybridized carbons (Fsp3) is 1.00. The third-order valence-electron chi connectivity index (χ3n) is 4.74. The molecule has 0 amide bonds. The average Bonchev–Trinajstić information content (AvgIpc) is 2.48. The summed E-state index contributed by atoms with van der Waals surface area (Å²) in [4.78, 5) is 0. The van der Waals surface area contributed by atoms with Crippen molar-refractivity contribution < 1.29 is 20.4 Å². The Morgan fingerprint density at radius 3 is 1.90 bits per heavy atom. The minimum Gasteiger partial charge on any atom is -0.396 e. The first-order chi connectivity index (χ1) is 9.43. The summed E-state index contributed by atoms with van der Waals surface area (Å²) in [6, 6.07) is 0. The van der Waals surface area contributed by atoms with Crippen LogP contribution < -0.4 is 0 Å². The van der Waals surface area contributed by atoms with E-state index in [1.165, 1.54) is 0 Å². The summed E-state index contributed by atoms with van der Waals surface area (Å²) < 4.78 is 0. The largest absolute Gasteiger partial charge is 0.396 e. The molecule has 20 heavy (non-hydrogen) atoms. The van der Waals surface area contributed by atoms with Gasteiger partial charge in [0, 0.05) is 5.41 Å². The van der Waals surface area contributed by atoms with Crippen molar-refractivity contribution in [2.45, 2.75) is 65.4 Å². The first kappa shape index (κ1) is 19.8. The van der Waals surface area contributed by atoms with Gasteiger partial charge >= 0.3 is 0 Å². The van der Waals surface area contributed by atoms with Gasteiger partial charge in [0.25, 0.3) is 0 Å². The lowest BCUT2D eigenvalue weighted by atomic mass is 9.75. The van der Waals surface area contributed by atoms with Crippen molar-refractivity contribution in [3.05, 3.63) is 0 Å². The molecule has 4 N–H and O–H groups in total. The molecule has 0 bridgehead atoms. The summed E-state index contributed by atoms with van der Waals surface area (Å²) in [5, 5.41) is 37.1. The molecule has 0 aliphatic rings. The number of hydrogen-bond donors (Lipinski definition) is 4. The van der Waals surface area contributed by atoms with Crippen LogP contribution in [0.1, 0.15) is 59.3 Å². The Bertz CT molecular complexity index is 229. The topological polar surface area (TPSA) is 80.9 Å². The molecule has 4 heteroatoms. The molecule has 0 aliphatic carbocycles. The van der Waals surface area contributed by atoms with Crippen molar-refractivity contribution in [3.8, 4) is 0 Å². The fourth-order valence-corrected chi connectivity index (χ4v) is 2.56. The molecule has 0 rings (SSSR count). The Kier molecular flexibility index (Phi) is 10.5. The van der Waals surface area contributed by atoms with Crippen molar-refractivity contribution in [2.75, 3.05) is 19.8 Å². The van der Waals surface area contributed by atoms with E-state index in [2.05, 4.69) is 13.8 Å². The molecule has 122 valence electrons. The maximum Gasteiger partial charge on any atom is 0.0771 e. The molecule has 0 aromatic rings. The van der Waals surface area contributed by atoms with Crippen LogP contribution in [0.25, 0.3) is 0 Å². The van der Waals surface area contributed by atoms with Gasteiger partial charge in [-0.25, -0.2) is 0 Å². The van der Waals surface area contributed by atoms with E-state index in [0.29, 0.717) is 12.3 Å². The third kappa shape index (κ3) is 7.02. The second-order valence-electron chi connectivity index (χ2n) is 6.52. The van der Waals surface area contributed by atoms with Crippen molar-refractivity contribution in [1.29, 1.82) is 0 Å². The number of rotatable bonds is 12. The molecule has 0 radical (unpaired) electrons. The number of aliphatic hydroxyl groups excluding tert-OH is 4. The monoisotopic (exact) mass is 290 g/mol. The normalized spacial score (nSPS) is 16.9. The third-order valence-corrected chi connectivity index (χ3v) is 4.74.